The van der Waals surface area contributed by atoms with Gasteiger partial charge in [-0.2, -0.15) is 0 Å². The van der Waals surface area contributed by atoms with Crippen molar-refractivity contribution in [3.8, 4) is 11.5 Å². The van der Waals surface area contributed by atoms with Crippen LogP contribution in [0.1, 0.15) is 135 Å². The van der Waals surface area contributed by atoms with Crippen molar-refractivity contribution in [2.45, 2.75) is 167 Å². The van der Waals surface area contributed by atoms with Crippen LogP contribution in [0.4, 0.5) is 0 Å². The van der Waals surface area contributed by atoms with E-state index in [0.717, 1.165) is 64.2 Å². The number of aliphatic hydroxyl groups is 1. The van der Waals surface area contributed by atoms with Gasteiger partial charge in [0.1, 0.15) is 24.2 Å². The standard InChI is InChI=1S/C47H72N6O11/c1-31(2)27-35(44(60)49-26-25-34-23-24-38(55)39(56)29-34)51-46(62)43(32(3)54)53-42(59)22-18-13-11-9-7-5-4-6-8-10-12-17-21-41(58)50-36(30-40(48)57)45(61)52-37(47(63)64)28-33-19-15-14-16-20-33/h14-16,19-20,23-24,29,31-32,35-37,43,54-56H,4-13,17-18,21-22,25-28,30H2,1-3H3,(H2,48,57)(H,49,60)(H,50,58)(H,51,62)(H,52,61)(H,53,59)(H,63,64)/t32?,35-,36-,37-,43-/m0/s1. The third-order valence-electron chi connectivity index (χ3n) is 10.7. The molecule has 0 saturated heterocycles. The Labute approximate surface area is 377 Å². The summed E-state index contributed by atoms with van der Waals surface area (Å²) in [4.78, 5) is 87.8. The number of carboxylic acid groups (broad SMARTS) is 1. The Morgan fingerprint density at radius 2 is 1.12 bits per heavy atom. The minimum Gasteiger partial charge on any atom is -0.504 e. The number of phenolic OH excluding ortho intramolecular Hbond substituents is 2. The highest BCUT2D eigenvalue weighted by Gasteiger charge is 2.31. The molecule has 1 unspecified atom stereocenters. The zero-order valence-corrected chi connectivity index (χ0v) is 37.7. The highest BCUT2D eigenvalue weighted by atomic mass is 16.4. The number of aliphatic carboxylic acids is 1. The molecule has 11 N–H and O–H groups in total. The number of rotatable bonds is 33. The number of hydrogen-bond donors (Lipinski definition) is 10. The SMILES string of the molecule is CC(C)C[C@H](NC(=O)[C@@H](NC(=O)CCCCCCCCCCCCCCC(=O)N[C@@H](CC(N)=O)C(=O)N[C@@H](Cc1ccccc1)C(=O)O)C(C)O)C(=O)NCCc1ccc(O)c(O)c1. The molecule has 0 saturated carbocycles. The molecule has 6 amide bonds. The number of amides is 6. The van der Waals surface area contributed by atoms with Crippen molar-refractivity contribution in [1.29, 1.82) is 0 Å². The predicted octanol–water partition coefficient (Wildman–Crippen LogP) is 3.79. The van der Waals surface area contributed by atoms with Crippen LogP contribution in [0, 0.1) is 5.92 Å². The summed E-state index contributed by atoms with van der Waals surface area (Å²) >= 11 is 0. The summed E-state index contributed by atoms with van der Waals surface area (Å²) in [5, 5.41) is 52.2. The summed E-state index contributed by atoms with van der Waals surface area (Å²) in [5.74, 6) is -5.09. The fourth-order valence-corrected chi connectivity index (χ4v) is 7.13. The molecule has 356 valence electrons. The minimum atomic E-state index is -1.28. The Hall–Kier alpha value is -5.71. The lowest BCUT2D eigenvalue weighted by Crippen LogP contribution is -2.57. The van der Waals surface area contributed by atoms with E-state index in [0.29, 0.717) is 36.8 Å². The monoisotopic (exact) mass is 897 g/mol. The number of aliphatic hydroxyl groups excluding tert-OH is 1. The quantitative estimate of drug-likeness (QED) is 0.0363. The first-order valence-electron chi connectivity index (χ1n) is 22.7. The van der Waals surface area contributed by atoms with Crippen LogP contribution >= 0.6 is 0 Å². The van der Waals surface area contributed by atoms with Gasteiger partial charge in [0.05, 0.1) is 12.5 Å². The van der Waals surface area contributed by atoms with E-state index in [1.165, 1.54) is 19.1 Å². The van der Waals surface area contributed by atoms with Crippen molar-refractivity contribution in [1.82, 2.24) is 26.6 Å². The number of aromatic hydroxyl groups is 2. The first kappa shape index (κ1) is 54.4. The zero-order valence-electron chi connectivity index (χ0n) is 37.7. The molecule has 0 aliphatic carbocycles. The first-order chi connectivity index (χ1) is 30.5. The molecule has 0 aromatic heterocycles. The van der Waals surface area contributed by atoms with Crippen molar-refractivity contribution in [2.24, 2.45) is 11.7 Å². The van der Waals surface area contributed by atoms with Gasteiger partial charge in [-0.1, -0.05) is 114 Å². The number of benzene rings is 2. The largest absolute Gasteiger partial charge is 0.504 e. The molecule has 0 fully saturated rings. The van der Waals surface area contributed by atoms with Gasteiger partial charge in [-0.3, -0.25) is 28.8 Å². The maximum Gasteiger partial charge on any atom is 0.326 e. The van der Waals surface area contributed by atoms with Crippen LogP contribution in [-0.4, -0.2) is 98.7 Å². The lowest BCUT2D eigenvalue weighted by Gasteiger charge is -2.25. The van der Waals surface area contributed by atoms with Crippen LogP contribution in [0.2, 0.25) is 0 Å². The normalized spacial score (nSPS) is 13.5. The summed E-state index contributed by atoms with van der Waals surface area (Å²) in [6.45, 7) is 5.46. The molecule has 5 atom stereocenters. The number of carbonyl (C=O) groups is 7. The fraction of sp³-hybridized carbons (Fsp3) is 0.596. The smallest absolute Gasteiger partial charge is 0.326 e. The summed E-state index contributed by atoms with van der Waals surface area (Å²) in [5.41, 5.74) is 6.71. The molecule has 0 aliphatic rings. The van der Waals surface area contributed by atoms with E-state index in [2.05, 4.69) is 26.6 Å². The molecule has 2 rings (SSSR count). The number of nitrogens with two attached hydrogens (primary N) is 1. The number of primary amides is 1. The Bertz CT molecular complexity index is 1770. The lowest BCUT2D eigenvalue weighted by molar-refractivity contribution is -0.142. The van der Waals surface area contributed by atoms with Crippen molar-refractivity contribution >= 4 is 41.4 Å². The van der Waals surface area contributed by atoms with E-state index in [1.54, 1.807) is 36.4 Å². The number of carboxylic acids is 1. The number of carbonyl (C=O) groups excluding carboxylic acids is 6. The Kier molecular flexibility index (Phi) is 25.8. The second-order valence-electron chi connectivity index (χ2n) is 17.0. The molecule has 2 aromatic rings. The molecular formula is C47H72N6O11. The summed E-state index contributed by atoms with van der Waals surface area (Å²) in [6, 6.07) is 8.55. The summed E-state index contributed by atoms with van der Waals surface area (Å²) in [6.07, 6.45) is 10.6. The van der Waals surface area contributed by atoms with Crippen molar-refractivity contribution < 1.29 is 54.0 Å². The van der Waals surface area contributed by atoms with Crippen LogP contribution in [0.25, 0.3) is 0 Å². The summed E-state index contributed by atoms with van der Waals surface area (Å²) in [7, 11) is 0. The van der Waals surface area contributed by atoms with E-state index >= 15 is 0 Å². The maximum absolute atomic E-state index is 13.2. The van der Waals surface area contributed by atoms with Crippen molar-refractivity contribution in [3.63, 3.8) is 0 Å². The van der Waals surface area contributed by atoms with Crippen LogP contribution in [0.5, 0.6) is 11.5 Å². The van der Waals surface area contributed by atoms with Gasteiger partial charge < -0.3 is 52.7 Å². The van der Waals surface area contributed by atoms with E-state index in [4.69, 9.17) is 5.73 Å². The number of phenols is 2. The molecular weight excluding hydrogens is 825 g/mol. The molecule has 0 radical (unpaired) electrons. The van der Waals surface area contributed by atoms with Gasteiger partial charge in [-0.05, 0) is 61.8 Å². The number of hydrogen-bond acceptors (Lipinski definition) is 10. The molecule has 17 heteroatoms. The third-order valence-corrected chi connectivity index (χ3v) is 10.7. The zero-order chi connectivity index (χ0) is 47.4. The second-order valence-corrected chi connectivity index (χ2v) is 17.0. The minimum absolute atomic E-state index is 0.0356. The van der Waals surface area contributed by atoms with Gasteiger partial charge >= 0.3 is 5.97 Å². The summed E-state index contributed by atoms with van der Waals surface area (Å²) < 4.78 is 0. The predicted molar refractivity (Wildman–Crippen MR) is 242 cm³/mol. The highest BCUT2D eigenvalue weighted by Crippen LogP contribution is 2.25. The fourth-order valence-electron chi connectivity index (χ4n) is 7.13. The molecule has 17 nitrogen and oxygen atoms in total. The van der Waals surface area contributed by atoms with Crippen LogP contribution in [-0.2, 0) is 46.4 Å². The Balaban J connectivity index is 1.58. The molecule has 0 spiro atoms. The van der Waals surface area contributed by atoms with Gasteiger partial charge in [0.25, 0.3) is 0 Å². The number of nitrogens with one attached hydrogen (secondary N) is 5. The molecule has 0 aliphatic heterocycles. The van der Waals surface area contributed by atoms with Gasteiger partial charge in [-0.15, -0.1) is 0 Å². The highest BCUT2D eigenvalue weighted by molar-refractivity contribution is 5.94. The maximum atomic E-state index is 13.2. The van der Waals surface area contributed by atoms with Crippen molar-refractivity contribution in [2.75, 3.05) is 6.54 Å². The number of unbranched alkanes of at least 4 members (excludes halogenated alkanes) is 11. The Morgan fingerprint density at radius 3 is 1.62 bits per heavy atom. The van der Waals surface area contributed by atoms with Crippen molar-refractivity contribution in [3.05, 3.63) is 59.7 Å². The molecule has 0 bridgehead atoms. The van der Waals surface area contributed by atoms with Crippen LogP contribution in [0.3, 0.4) is 0 Å². The van der Waals surface area contributed by atoms with Gasteiger partial charge in [0.2, 0.25) is 35.4 Å². The van der Waals surface area contributed by atoms with Crippen LogP contribution < -0.4 is 32.3 Å². The van der Waals surface area contributed by atoms with Gasteiger partial charge in [-0.25, -0.2) is 4.79 Å². The second kappa shape index (κ2) is 30.4. The molecule has 2 aromatic carbocycles. The molecule has 0 heterocycles. The van der Waals surface area contributed by atoms with Gasteiger partial charge in [0, 0.05) is 25.8 Å². The van der Waals surface area contributed by atoms with Crippen LogP contribution in [0.15, 0.2) is 48.5 Å². The average molecular weight is 897 g/mol. The third kappa shape index (κ3) is 23.1. The first-order valence-corrected chi connectivity index (χ1v) is 22.7. The average Bonchev–Trinajstić information content (AvgIpc) is 3.23. The van der Waals surface area contributed by atoms with Gasteiger partial charge in [0.15, 0.2) is 11.5 Å². The van der Waals surface area contributed by atoms with E-state index in [-0.39, 0.29) is 49.1 Å². The van der Waals surface area contributed by atoms with E-state index in [1.807, 2.05) is 13.8 Å². The van der Waals surface area contributed by atoms with E-state index < -0.39 is 72.2 Å². The topological polar surface area (TPSA) is 287 Å². The van der Waals surface area contributed by atoms with E-state index in [9.17, 15) is 54.0 Å². The molecule has 64 heavy (non-hydrogen) atoms. The lowest BCUT2D eigenvalue weighted by atomic mass is 10.0. The Morgan fingerprint density at radius 1 is 0.594 bits per heavy atom.